The third-order valence-corrected chi connectivity index (χ3v) is 4.99. The summed E-state index contributed by atoms with van der Waals surface area (Å²) in [6.07, 6.45) is 4.75. The van der Waals surface area contributed by atoms with Gasteiger partial charge in [-0.1, -0.05) is 73.5 Å². The minimum atomic E-state index is -0.196. The van der Waals surface area contributed by atoms with Crippen LogP contribution in [0.15, 0.2) is 66.7 Å². The van der Waals surface area contributed by atoms with E-state index in [4.69, 9.17) is 0 Å². The van der Waals surface area contributed by atoms with Gasteiger partial charge < -0.3 is 10.6 Å². The summed E-state index contributed by atoms with van der Waals surface area (Å²) in [4.78, 5) is 22.0. The van der Waals surface area contributed by atoms with Gasteiger partial charge in [0.1, 0.15) is 11.5 Å². The number of rotatable bonds is 6. The zero-order valence-electron chi connectivity index (χ0n) is 15.8. The predicted octanol–water partition coefficient (Wildman–Crippen LogP) is 4.43. The molecule has 5 heteroatoms. The summed E-state index contributed by atoms with van der Waals surface area (Å²) in [5.74, 6) is 1.08. The summed E-state index contributed by atoms with van der Waals surface area (Å²) in [5, 5.41) is 6.45. The SMILES string of the molecule is O=C(NCc1ccccc1)c1cc(NC2CCCC2)nc(-c2ccccc2)n1. The van der Waals surface area contributed by atoms with E-state index in [0.717, 1.165) is 24.0 Å². The second kappa shape index (κ2) is 8.65. The number of nitrogens with one attached hydrogen (secondary N) is 2. The highest BCUT2D eigenvalue weighted by Crippen LogP contribution is 2.23. The molecule has 3 aromatic rings. The second-order valence-corrected chi connectivity index (χ2v) is 7.12. The largest absolute Gasteiger partial charge is 0.367 e. The number of benzene rings is 2. The van der Waals surface area contributed by atoms with Gasteiger partial charge in [0, 0.05) is 24.2 Å². The van der Waals surface area contributed by atoms with E-state index in [1.807, 2.05) is 60.7 Å². The molecule has 2 N–H and O–H groups in total. The molecule has 5 nitrogen and oxygen atoms in total. The van der Waals surface area contributed by atoms with Crippen LogP contribution in [0.2, 0.25) is 0 Å². The molecule has 1 fully saturated rings. The van der Waals surface area contributed by atoms with E-state index < -0.39 is 0 Å². The number of carbonyl (C=O) groups is 1. The van der Waals surface area contributed by atoms with Crippen molar-refractivity contribution in [1.82, 2.24) is 15.3 Å². The Hall–Kier alpha value is -3.21. The van der Waals surface area contributed by atoms with E-state index in [2.05, 4.69) is 20.6 Å². The van der Waals surface area contributed by atoms with Gasteiger partial charge in [-0.05, 0) is 18.4 Å². The maximum absolute atomic E-state index is 12.8. The first-order valence-electron chi connectivity index (χ1n) is 9.81. The second-order valence-electron chi connectivity index (χ2n) is 7.12. The topological polar surface area (TPSA) is 66.9 Å². The standard InChI is InChI=1S/C23H24N4O/c28-23(24-16-17-9-3-1-4-10-17)20-15-21(25-19-13-7-8-14-19)27-22(26-20)18-11-5-2-6-12-18/h1-6,9-12,15,19H,7-8,13-14,16H2,(H,24,28)(H,25,26,27). The van der Waals surface area contributed by atoms with Gasteiger partial charge in [0.25, 0.3) is 5.91 Å². The Bertz CT molecular complexity index is 922. The maximum Gasteiger partial charge on any atom is 0.270 e. The van der Waals surface area contributed by atoms with E-state index in [0.29, 0.717) is 29.9 Å². The van der Waals surface area contributed by atoms with Crippen molar-refractivity contribution in [3.05, 3.63) is 78.0 Å². The maximum atomic E-state index is 12.8. The first kappa shape index (κ1) is 18.2. The van der Waals surface area contributed by atoms with Gasteiger partial charge in [0.15, 0.2) is 5.82 Å². The molecule has 0 spiro atoms. The summed E-state index contributed by atoms with van der Waals surface area (Å²) in [5.41, 5.74) is 2.33. The van der Waals surface area contributed by atoms with Crippen LogP contribution in [0.25, 0.3) is 11.4 Å². The molecule has 0 bridgehead atoms. The van der Waals surface area contributed by atoms with Gasteiger partial charge in [-0.25, -0.2) is 9.97 Å². The summed E-state index contributed by atoms with van der Waals surface area (Å²) in [6, 6.07) is 21.8. The fourth-order valence-corrected chi connectivity index (χ4v) is 3.50. The smallest absolute Gasteiger partial charge is 0.270 e. The van der Waals surface area contributed by atoms with E-state index in [1.54, 1.807) is 6.07 Å². The predicted molar refractivity (Wildman–Crippen MR) is 111 cm³/mol. The van der Waals surface area contributed by atoms with Gasteiger partial charge in [-0.3, -0.25) is 4.79 Å². The van der Waals surface area contributed by atoms with Gasteiger partial charge in [0.05, 0.1) is 0 Å². The summed E-state index contributed by atoms with van der Waals surface area (Å²) in [6.45, 7) is 0.468. The van der Waals surface area contributed by atoms with Crippen molar-refractivity contribution >= 4 is 11.7 Å². The van der Waals surface area contributed by atoms with Crippen LogP contribution in [0.4, 0.5) is 5.82 Å². The third kappa shape index (κ3) is 4.55. The van der Waals surface area contributed by atoms with Crippen molar-refractivity contribution in [2.24, 2.45) is 0 Å². The molecule has 1 amide bonds. The van der Waals surface area contributed by atoms with Crippen LogP contribution in [0.3, 0.4) is 0 Å². The molecule has 1 heterocycles. The van der Waals surface area contributed by atoms with Crippen molar-refractivity contribution in [1.29, 1.82) is 0 Å². The molecule has 1 saturated carbocycles. The van der Waals surface area contributed by atoms with Gasteiger partial charge in [-0.2, -0.15) is 0 Å². The van der Waals surface area contributed by atoms with Gasteiger partial charge in [0.2, 0.25) is 0 Å². The lowest BCUT2D eigenvalue weighted by atomic mass is 10.2. The Morgan fingerprint density at radius 3 is 2.32 bits per heavy atom. The Morgan fingerprint density at radius 1 is 0.929 bits per heavy atom. The highest BCUT2D eigenvalue weighted by molar-refractivity contribution is 5.93. The van der Waals surface area contributed by atoms with Crippen molar-refractivity contribution in [2.75, 3.05) is 5.32 Å². The number of anilines is 1. The third-order valence-electron chi connectivity index (χ3n) is 4.99. The van der Waals surface area contributed by atoms with E-state index >= 15 is 0 Å². The summed E-state index contributed by atoms with van der Waals surface area (Å²) < 4.78 is 0. The molecule has 0 radical (unpaired) electrons. The normalized spacial score (nSPS) is 14.0. The molecule has 0 atom stereocenters. The van der Waals surface area contributed by atoms with Crippen LogP contribution in [0.5, 0.6) is 0 Å². The minimum Gasteiger partial charge on any atom is -0.367 e. The van der Waals surface area contributed by atoms with E-state index in [1.165, 1.54) is 12.8 Å². The molecular formula is C23H24N4O. The van der Waals surface area contributed by atoms with Crippen molar-refractivity contribution in [3.63, 3.8) is 0 Å². The monoisotopic (exact) mass is 372 g/mol. The Labute approximate surface area is 165 Å². The number of nitrogens with zero attached hydrogens (tertiary/aromatic N) is 2. The first-order chi connectivity index (χ1) is 13.8. The Morgan fingerprint density at radius 2 is 1.61 bits per heavy atom. The van der Waals surface area contributed by atoms with Crippen LogP contribution in [0.1, 0.15) is 41.7 Å². The lowest BCUT2D eigenvalue weighted by Crippen LogP contribution is -2.25. The average Bonchev–Trinajstić information content (AvgIpc) is 3.26. The fourth-order valence-electron chi connectivity index (χ4n) is 3.50. The first-order valence-corrected chi connectivity index (χ1v) is 9.81. The zero-order chi connectivity index (χ0) is 19.2. The number of carbonyl (C=O) groups excluding carboxylic acids is 1. The highest BCUT2D eigenvalue weighted by atomic mass is 16.1. The van der Waals surface area contributed by atoms with Crippen molar-refractivity contribution in [2.45, 2.75) is 38.3 Å². The molecular weight excluding hydrogens is 348 g/mol. The molecule has 1 aliphatic carbocycles. The van der Waals surface area contributed by atoms with Crippen LogP contribution < -0.4 is 10.6 Å². The molecule has 28 heavy (non-hydrogen) atoms. The van der Waals surface area contributed by atoms with Gasteiger partial charge >= 0.3 is 0 Å². The molecule has 1 aromatic heterocycles. The van der Waals surface area contributed by atoms with Crippen LogP contribution >= 0.6 is 0 Å². The fraction of sp³-hybridized carbons (Fsp3) is 0.261. The summed E-state index contributed by atoms with van der Waals surface area (Å²) >= 11 is 0. The van der Waals surface area contributed by atoms with Crippen LogP contribution in [0, 0.1) is 0 Å². The molecule has 0 aliphatic heterocycles. The molecule has 0 saturated heterocycles. The lowest BCUT2D eigenvalue weighted by molar-refractivity contribution is 0.0946. The summed E-state index contributed by atoms with van der Waals surface area (Å²) in [7, 11) is 0. The molecule has 142 valence electrons. The Kier molecular flexibility index (Phi) is 5.61. The average molecular weight is 372 g/mol. The van der Waals surface area contributed by atoms with E-state index in [9.17, 15) is 4.79 Å². The highest BCUT2D eigenvalue weighted by Gasteiger charge is 2.18. The molecule has 2 aromatic carbocycles. The number of aromatic nitrogens is 2. The number of hydrogen-bond donors (Lipinski definition) is 2. The zero-order valence-corrected chi connectivity index (χ0v) is 15.8. The van der Waals surface area contributed by atoms with Gasteiger partial charge in [-0.15, -0.1) is 0 Å². The molecule has 4 rings (SSSR count). The van der Waals surface area contributed by atoms with E-state index in [-0.39, 0.29) is 5.91 Å². The number of amides is 1. The van der Waals surface area contributed by atoms with Crippen LogP contribution in [-0.4, -0.2) is 21.9 Å². The lowest BCUT2D eigenvalue weighted by Gasteiger charge is -2.15. The van der Waals surface area contributed by atoms with Crippen molar-refractivity contribution < 1.29 is 4.79 Å². The molecule has 1 aliphatic rings. The van der Waals surface area contributed by atoms with Crippen LogP contribution in [-0.2, 0) is 6.54 Å². The Balaban J connectivity index is 1.58. The van der Waals surface area contributed by atoms with Crippen molar-refractivity contribution in [3.8, 4) is 11.4 Å². The number of hydrogen-bond acceptors (Lipinski definition) is 4. The quantitative estimate of drug-likeness (QED) is 0.672. The molecule has 0 unspecified atom stereocenters. The minimum absolute atomic E-state index is 0.196.